The smallest absolute Gasteiger partial charge is 0.404 e. The SMILES string of the molecule is NC(=O)OCC1CCN(c2ccc(Br)cn2)CC1. The zero-order valence-corrected chi connectivity index (χ0v) is 11.6. The minimum absolute atomic E-state index is 0.407. The molecule has 1 aliphatic rings. The number of piperidine rings is 1. The Morgan fingerprint density at radius 1 is 1.50 bits per heavy atom. The lowest BCUT2D eigenvalue weighted by Crippen LogP contribution is -2.36. The molecule has 0 spiro atoms. The van der Waals surface area contributed by atoms with Crippen molar-refractivity contribution in [3.8, 4) is 0 Å². The molecular formula is C12H16BrN3O2. The van der Waals surface area contributed by atoms with E-state index < -0.39 is 6.09 Å². The first-order valence-electron chi connectivity index (χ1n) is 5.94. The summed E-state index contributed by atoms with van der Waals surface area (Å²) < 4.78 is 5.82. The van der Waals surface area contributed by atoms with Crippen molar-refractivity contribution in [3.63, 3.8) is 0 Å². The lowest BCUT2D eigenvalue weighted by atomic mass is 9.98. The number of nitrogens with two attached hydrogens (primary N) is 1. The van der Waals surface area contributed by atoms with Crippen LogP contribution in [0.15, 0.2) is 22.8 Å². The highest BCUT2D eigenvalue weighted by Crippen LogP contribution is 2.22. The summed E-state index contributed by atoms with van der Waals surface area (Å²) in [6.07, 6.45) is 3.10. The van der Waals surface area contributed by atoms with Gasteiger partial charge < -0.3 is 15.4 Å². The van der Waals surface area contributed by atoms with Gasteiger partial charge in [0.25, 0.3) is 0 Å². The molecule has 1 aliphatic heterocycles. The first kappa shape index (κ1) is 13.1. The number of carbonyl (C=O) groups is 1. The molecule has 2 heterocycles. The number of rotatable bonds is 3. The standard InChI is InChI=1S/C12H16BrN3O2/c13-10-1-2-11(15-7-10)16-5-3-9(4-6-16)8-18-12(14)17/h1-2,7,9H,3-6,8H2,(H2,14,17). The summed E-state index contributed by atoms with van der Waals surface area (Å²) in [4.78, 5) is 17.2. The summed E-state index contributed by atoms with van der Waals surface area (Å²) in [5, 5.41) is 0. The minimum atomic E-state index is -0.688. The van der Waals surface area contributed by atoms with Crippen molar-refractivity contribution in [2.24, 2.45) is 11.7 Å². The second kappa shape index (κ2) is 6.04. The molecule has 0 aromatic carbocycles. The lowest BCUT2D eigenvalue weighted by Gasteiger charge is -2.32. The van der Waals surface area contributed by atoms with E-state index in [2.05, 4.69) is 25.8 Å². The normalized spacial score (nSPS) is 16.6. The fraction of sp³-hybridized carbons (Fsp3) is 0.500. The molecule has 6 heteroatoms. The van der Waals surface area contributed by atoms with Crippen molar-refractivity contribution in [3.05, 3.63) is 22.8 Å². The van der Waals surface area contributed by atoms with Gasteiger partial charge in [-0.2, -0.15) is 0 Å². The number of hydrogen-bond donors (Lipinski definition) is 1. The number of pyridine rings is 1. The maximum atomic E-state index is 10.5. The minimum Gasteiger partial charge on any atom is -0.449 e. The van der Waals surface area contributed by atoms with Gasteiger partial charge in [0.05, 0.1) is 6.61 Å². The van der Waals surface area contributed by atoms with Crippen LogP contribution >= 0.6 is 15.9 Å². The molecule has 1 fully saturated rings. The Morgan fingerprint density at radius 3 is 2.78 bits per heavy atom. The third kappa shape index (κ3) is 3.60. The highest BCUT2D eigenvalue weighted by molar-refractivity contribution is 9.10. The molecular weight excluding hydrogens is 298 g/mol. The third-order valence-electron chi connectivity index (χ3n) is 3.11. The molecule has 1 saturated heterocycles. The van der Waals surface area contributed by atoms with E-state index >= 15 is 0 Å². The van der Waals surface area contributed by atoms with Crippen LogP contribution in [-0.4, -0.2) is 30.8 Å². The van der Waals surface area contributed by atoms with E-state index in [4.69, 9.17) is 10.5 Å². The number of primary amides is 1. The average molecular weight is 314 g/mol. The van der Waals surface area contributed by atoms with Crippen molar-refractivity contribution < 1.29 is 9.53 Å². The zero-order valence-electron chi connectivity index (χ0n) is 10.0. The molecule has 0 bridgehead atoms. The molecule has 2 N–H and O–H groups in total. The van der Waals surface area contributed by atoms with Gasteiger partial charge in [-0.05, 0) is 46.8 Å². The first-order chi connectivity index (χ1) is 8.65. The van der Waals surface area contributed by atoms with Crippen LogP contribution < -0.4 is 10.6 Å². The Hall–Kier alpha value is -1.30. The molecule has 1 aromatic rings. The van der Waals surface area contributed by atoms with E-state index in [1.807, 2.05) is 12.1 Å². The van der Waals surface area contributed by atoms with E-state index in [0.29, 0.717) is 12.5 Å². The van der Waals surface area contributed by atoms with Gasteiger partial charge in [-0.15, -0.1) is 0 Å². The fourth-order valence-corrected chi connectivity index (χ4v) is 2.32. The van der Waals surface area contributed by atoms with Gasteiger partial charge >= 0.3 is 6.09 Å². The molecule has 0 atom stereocenters. The Kier molecular flexibility index (Phi) is 4.41. The van der Waals surface area contributed by atoms with Gasteiger partial charge in [-0.3, -0.25) is 0 Å². The van der Waals surface area contributed by atoms with Crippen LogP contribution in [0.4, 0.5) is 10.6 Å². The second-order valence-electron chi connectivity index (χ2n) is 4.40. The predicted molar refractivity (Wildman–Crippen MR) is 72.4 cm³/mol. The summed E-state index contributed by atoms with van der Waals surface area (Å²) in [7, 11) is 0. The van der Waals surface area contributed by atoms with E-state index in [1.54, 1.807) is 6.20 Å². The third-order valence-corrected chi connectivity index (χ3v) is 3.58. The number of ether oxygens (including phenoxy) is 1. The van der Waals surface area contributed by atoms with Crippen LogP contribution in [0.2, 0.25) is 0 Å². The van der Waals surface area contributed by atoms with Gasteiger partial charge in [0, 0.05) is 23.8 Å². The van der Waals surface area contributed by atoms with E-state index in [-0.39, 0.29) is 0 Å². The Labute approximate surface area is 114 Å². The highest BCUT2D eigenvalue weighted by atomic mass is 79.9. The van der Waals surface area contributed by atoms with Crippen molar-refractivity contribution in [1.82, 2.24) is 4.98 Å². The molecule has 5 nitrogen and oxygen atoms in total. The van der Waals surface area contributed by atoms with Crippen LogP contribution in [0.25, 0.3) is 0 Å². The van der Waals surface area contributed by atoms with E-state index in [9.17, 15) is 4.79 Å². The Bertz CT molecular complexity index is 402. The molecule has 98 valence electrons. The summed E-state index contributed by atoms with van der Waals surface area (Å²) >= 11 is 3.37. The summed E-state index contributed by atoms with van der Waals surface area (Å²) in [5.74, 6) is 1.40. The van der Waals surface area contributed by atoms with Gasteiger partial charge in [0.2, 0.25) is 0 Å². The van der Waals surface area contributed by atoms with Gasteiger partial charge in [-0.25, -0.2) is 9.78 Å². The number of nitrogens with zero attached hydrogens (tertiary/aromatic N) is 2. The quantitative estimate of drug-likeness (QED) is 0.928. The predicted octanol–water partition coefficient (Wildman–Crippen LogP) is 2.16. The molecule has 18 heavy (non-hydrogen) atoms. The van der Waals surface area contributed by atoms with Crippen LogP contribution in [0.3, 0.4) is 0 Å². The number of hydrogen-bond acceptors (Lipinski definition) is 4. The molecule has 1 aromatic heterocycles. The summed E-state index contributed by atoms with van der Waals surface area (Å²) in [6.45, 7) is 2.29. The topological polar surface area (TPSA) is 68.5 Å². The van der Waals surface area contributed by atoms with Crippen LogP contribution in [0.1, 0.15) is 12.8 Å². The largest absolute Gasteiger partial charge is 0.449 e. The molecule has 0 unspecified atom stereocenters. The van der Waals surface area contributed by atoms with Crippen molar-refractivity contribution in [1.29, 1.82) is 0 Å². The van der Waals surface area contributed by atoms with Crippen molar-refractivity contribution in [2.75, 3.05) is 24.6 Å². The molecule has 1 amide bonds. The van der Waals surface area contributed by atoms with E-state index in [0.717, 1.165) is 36.2 Å². The number of amides is 1. The van der Waals surface area contributed by atoms with Crippen LogP contribution in [0, 0.1) is 5.92 Å². The number of aromatic nitrogens is 1. The Morgan fingerprint density at radius 2 is 2.22 bits per heavy atom. The van der Waals surface area contributed by atoms with Crippen LogP contribution in [-0.2, 0) is 4.74 Å². The number of carbonyl (C=O) groups excluding carboxylic acids is 1. The summed E-state index contributed by atoms with van der Waals surface area (Å²) in [6, 6.07) is 3.99. The molecule has 0 radical (unpaired) electrons. The highest BCUT2D eigenvalue weighted by Gasteiger charge is 2.20. The second-order valence-corrected chi connectivity index (χ2v) is 5.31. The van der Waals surface area contributed by atoms with Crippen molar-refractivity contribution in [2.45, 2.75) is 12.8 Å². The van der Waals surface area contributed by atoms with Crippen molar-refractivity contribution >= 4 is 27.8 Å². The lowest BCUT2D eigenvalue weighted by molar-refractivity contribution is 0.129. The maximum Gasteiger partial charge on any atom is 0.404 e. The maximum absolute atomic E-state index is 10.5. The zero-order chi connectivity index (χ0) is 13.0. The van der Waals surface area contributed by atoms with Gasteiger partial charge in [-0.1, -0.05) is 0 Å². The molecule has 0 aliphatic carbocycles. The number of anilines is 1. The Balaban J connectivity index is 1.83. The fourth-order valence-electron chi connectivity index (χ4n) is 2.08. The monoisotopic (exact) mass is 313 g/mol. The molecule has 2 rings (SSSR count). The average Bonchev–Trinajstić information content (AvgIpc) is 2.38. The van der Waals surface area contributed by atoms with E-state index in [1.165, 1.54) is 0 Å². The van der Waals surface area contributed by atoms with Gasteiger partial charge in [0.15, 0.2) is 0 Å². The van der Waals surface area contributed by atoms with Crippen LogP contribution in [0.5, 0.6) is 0 Å². The van der Waals surface area contributed by atoms with Gasteiger partial charge in [0.1, 0.15) is 5.82 Å². The molecule has 0 saturated carbocycles. The number of halogens is 1. The summed E-state index contributed by atoms with van der Waals surface area (Å²) in [5.41, 5.74) is 4.96. The first-order valence-corrected chi connectivity index (χ1v) is 6.73.